The van der Waals surface area contributed by atoms with Crippen LogP contribution in [0.5, 0.6) is 5.75 Å². The molecule has 2 rings (SSSR count). The molecule has 1 heterocycles. The van der Waals surface area contributed by atoms with Gasteiger partial charge in [-0.2, -0.15) is 0 Å². The van der Waals surface area contributed by atoms with Gasteiger partial charge in [0.25, 0.3) is 0 Å². The Balaban J connectivity index is 2.17. The maximum atomic E-state index is 9.83. The number of hydrogen-bond acceptors (Lipinski definition) is 4. The van der Waals surface area contributed by atoms with E-state index in [4.69, 9.17) is 14.2 Å². The summed E-state index contributed by atoms with van der Waals surface area (Å²) < 4.78 is 24.8. The fourth-order valence-corrected chi connectivity index (χ4v) is 19.0. The molecule has 188 valence electrons. The van der Waals surface area contributed by atoms with Gasteiger partial charge in [-0.15, -0.1) is 0 Å². The van der Waals surface area contributed by atoms with Gasteiger partial charge in [0, 0.05) is 0 Å². The van der Waals surface area contributed by atoms with Crippen LogP contribution in [0.1, 0.15) is 78.2 Å². The van der Waals surface area contributed by atoms with Crippen LogP contribution in [0.3, 0.4) is 0 Å². The zero-order valence-corrected chi connectivity index (χ0v) is 24.6. The predicted octanol–water partition coefficient (Wildman–Crippen LogP) is 7.06. The summed E-state index contributed by atoms with van der Waals surface area (Å²) in [7, 11) is 1.69. The van der Waals surface area contributed by atoms with Gasteiger partial charge < -0.3 is 0 Å². The molecule has 1 aliphatic heterocycles. The first-order valence-corrected chi connectivity index (χ1v) is 20.9. The molecule has 0 aliphatic carbocycles. The normalized spacial score (nSPS) is 20.2. The Bertz CT molecular complexity index is 651. The van der Waals surface area contributed by atoms with Gasteiger partial charge in [-0.3, -0.25) is 0 Å². The minimum absolute atomic E-state index is 0.0446. The number of aliphatic hydroxyl groups is 1. The van der Waals surface area contributed by atoms with E-state index in [-0.39, 0.29) is 24.4 Å². The van der Waals surface area contributed by atoms with E-state index >= 15 is 0 Å². The Hall–Kier alpha value is -0.561. The third-order valence-corrected chi connectivity index (χ3v) is 21.0. The second kappa shape index (κ2) is 15.4. The Labute approximate surface area is 207 Å². The van der Waals surface area contributed by atoms with Crippen LogP contribution < -0.4 is 4.74 Å². The molecule has 5 heteroatoms. The van der Waals surface area contributed by atoms with Crippen molar-refractivity contribution in [1.29, 1.82) is 0 Å². The van der Waals surface area contributed by atoms with Crippen molar-refractivity contribution in [3.05, 3.63) is 40.0 Å². The van der Waals surface area contributed by atoms with Crippen LogP contribution in [-0.2, 0) is 16.1 Å². The molecular formula is C28H48O4Sn. The van der Waals surface area contributed by atoms with Crippen LogP contribution in [0.2, 0.25) is 13.3 Å². The summed E-state index contributed by atoms with van der Waals surface area (Å²) in [5.74, 6) is 0.861. The molecule has 0 saturated carbocycles. The molecule has 4 nitrogen and oxygen atoms in total. The Morgan fingerprint density at radius 3 is 2.06 bits per heavy atom. The molecule has 33 heavy (non-hydrogen) atoms. The maximum absolute atomic E-state index is 9.83. The van der Waals surface area contributed by atoms with E-state index in [0.717, 1.165) is 11.3 Å². The van der Waals surface area contributed by atoms with Gasteiger partial charge in [0.15, 0.2) is 0 Å². The van der Waals surface area contributed by atoms with Crippen molar-refractivity contribution in [2.24, 2.45) is 0 Å². The van der Waals surface area contributed by atoms with Gasteiger partial charge in [0.2, 0.25) is 0 Å². The number of rotatable bonds is 18. The molecule has 0 aromatic heterocycles. The summed E-state index contributed by atoms with van der Waals surface area (Å²) >= 11 is -2.39. The van der Waals surface area contributed by atoms with Crippen LogP contribution in [0.4, 0.5) is 0 Å². The van der Waals surface area contributed by atoms with E-state index in [2.05, 4.69) is 43.1 Å². The van der Waals surface area contributed by atoms with Gasteiger partial charge in [0.05, 0.1) is 0 Å². The number of benzene rings is 1. The molecule has 1 saturated heterocycles. The number of ether oxygens (including phenoxy) is 3. The summed E-state index contributed by atoms with van der Waals surface area (Å²) in [4.78, 5) is 0. The zero-order valence-electron chi connectivity index (χ0n) is 21.7. The van der Waals surface area contributed by atoms with Gasteiger partial charge in [-0.1, -0.05) is 0 Å². The molecule has 1 aromatic rings. The standard InChI is InChI=1S/C16H21O4.3C4H9.Sn/c1-4-14(16-15(20-16)9-11(2)17)19-10-12-5-7-13(18-3)8-6-12;3*1-3-4-2;/h1,4-8,11,14-17H,9-10H2,2-3H3;3*1,3-4H2,2H3;/t11-,14+,15+,16+;;;;/m0..../s1. The fraction of sp³-hybridized carbons (Fsp3) is 0.714. The van der Waals surface area contributed by atoms with Crippen molar-refractivity contribution in [3.8, 4) is 5.75 Å². The molecule has 1 fully saturated rings. The van der Waals surface area contributed by atoms with E-state index in [9.17, 15) is 5.11 Å². The molecule has 1 N–H and O–H groups in total. The molecule has 0 radical (unpaired) electrons. The second-order valence-electron chi connectivity index (χ2n) is 9.88. The number of aliphatic hydroxyl groups excluding tert-OH is 1. The summed E-state index contributed by atoms with van der Waals surface area (Å²) in [6.07, 6.45) is 10.7. The number of hydrogen-bond donors (Lipinski definition) is 1. The van der Waals surface area contributed by atoms with Crippen LogP contribution in [0, 0.1) is 0 Å². The third kappa shape index (κ3) is 10.3. The molecule has 0 amide bonds. The summed E-state index contributed by atoms with van der Waals surface area (Å²) in [5, 5.41) is 9.83. The topological polar surface area (TPSA) is 51.2 Å². The van der Waals surface area contributed by atoms with Crippen molar-refractivity contribution in [3.63, 3.8) is 0 Å². The van der Waals surface area contributed by atoms with Crippen LogP contribution in [0.25, 0.3) is 0 Å². The van der Waals surface area contributed by atoms with Crippen LogP contribution >= 0.6 is 0 Å². The number of unbranched alkanes of at least 4 members (excludes halogenated alkanes) is 3. The number of epoxide rings is 1. The van der Waals surface area contributed by atoms with Crippen molar-refractivity contribution < 1.29 is 19.3 Å². The Morgan fingerprint density at radius 2 is 1.58 bits per heavy atom. The third-order valence-electron chi connectivity index (χ3n) is 6.84. The first kappa shape index (κ1) is 28.7. The van der Waals surface area contributed by atoms with Crippen molar-refractivity contribution in [1.82, 2.24) is 0 Å². The van der Waals surface area contributed by atoms with Crippen molar-refractivity contribution in [2.45, 2.75) is 117 Å². The first-order chi connectivity index (χ1) is 16.0. The average Bonchev–Trinajstić information content (AvgIpc) is 3.57. The predicted molar refractivity (Wildman–Crippen MR) is 141 cm³/mol. The molecule has 0 unspecified atom stereocenters. The van der Waals surface area contributed by atoms with E-state index in [1.165, 1.54) is 51.8 Å². The van der Waals surface area contributed by atoms with Crippen molar-refractivity contribution >= 4 is 18.4 Å². The Kier molecular flexibility index (Phi) is 13.4. The molecule has 4 atom stereocenters. The summed E-state index contributed by atoms with van der Waals surface area (Å²) in [6, 6.07) is 8.09. The van der Waals surface area contributed by atoms with E-state index in [0.29, 0.717) is 13.0 Å². The number of methoxy groups -OCH3 is 1. The first-order valence-electron chi connectivity index (χ1n) is 13.2. The van der Waals surface area contributed by atoms with Gasteiger partial charge >= 0.3 is 208 Å². The molecule has 1 aromatic carbocycles. The van der Waals surface area contributed by atoms with E-state index in [1.807, 2.05) is 19.1 Å². The van der Waals surface area contributed by atoms with Gasteiger partial charge in [-0.05, 0) is 0 Å². The quantitative estimate of drug-likeness (QED) is 0.152. The molecule has 1 aliphatic rings. The molecular weight excluding hydrogens is 519 g/mol. The molecule has 0 bridgehead atoms. The van der Waals surface area contributed by atoms with Crippen LogP contribution in [0.15, 0.2) is 34.4 Å². The summed E-state index contributed by atoms with van der Waals surface area (Å²) in [5.41, 5.74) is 1.14. The van der Waals surface area contributed by atoms with Crippen molar-refractivity contribution in [2.75, 3.05) is 7.11 Å². The molecule has 0 spiro atoms. The average molecular weight is 567 g/mol. The van der Waals surface area contributed by atoms with Crippen LogP contribution in [-0.4, -0.2) is 55.0 Å². The minimum atomic E-state index is -2.39. The van der Waals surface area contributed by atoms with E-state index in [1.54, 1.807) is 7.11 Å². The zero-order chi connectivity index (χ0) is 24.1. The van der Waals surface area contributed by atoms with Gasteiger partial charge in [0.1, 0.15) is 0 Å². The fourth-order valence-electron chi connectivity index (χ4n) is 4.66. The van der Waals surface area contributed by atoms with E-state index < -0.39 is 18.4 Å². The van der Waals surface area contributed by atoms with Gasteiger partial charge in [-0.25, -0.2) is 0 Å². The monoisotopic (exact) mass is 568 g/mol. The SMILES string of the molecule is CCC[CH2][Sn](/[CH]=C/[C@@H](OCc1ccc(OC)cc1)[C@H]1O[C@@H]1C[C@H](C)O)([CH2]CCC)[CH2]CCC. The second-order valence-corrected chi connectivity index (χ2v) is 22.9. The Morgan fingerprint density at radius 1 is 1.00 bits per heavy atom. The summed E-state index contributed by atoms with van der Waals surface area (Å²) in [6.45, 7) is 9.35.